The summed E-state index contributed by atoms with van der Waals surface area (Å²) >= 11 is 0. The number of piperazine rings is 1. The normalized spacial score (nSPS) is 14.3. The number of sulfonamides is 1. The Hall–Kier alpha value is -3.55. The van der Waals surface area contributed by atoms with Crippen LogP contribution < -0.4 is 20.4 Å². The van der Waals surface area contributed by atoms with E-state index in [1.54, 1.807) is 6.92 Å². The largest absolute Gasteiger partial charge is 0.422 e. The fourth-order valence-electron chi connectivity index (χ4n) is 4.49. The molecule has 0 radical (unpaired) electrons. The molecule has 10 nitrogen and oxygen atoms in total. The molecular formula is C27H32F2N4O6S. The van der Waals surface area contributed by atoms with Gasteiger partial charge in [-0.25, -0.2) is 26.8 Å². The van der Waals surface area contributed by atoms with E-state index in [0.29, 0.717) is 25.1 Å². The predicted molar refractivity (Wildman–Crippen MR) is 147 cm³/mol. The van der Waals surface area contributed by atoms with Crippen LogP contribution in [-0.2, 0) is 23.0 Å². The average molecular weight is 579 g/mol. The van der Waals surface area contributed by atoms with Gasteiger partial charge in [0.05, 0.1) is 11.4 Å². The number of hydrogen-bond acceptors (Lipinski definition) is 8. The Morgan fingerprint density at radius 3 is 2.58 bits per heavy atom. The smallest absolute Gasteiger partial charge is 0.414 e. The Kier molecular flexibility index (Phi) is 9.06. The van der Waals surface area contributed by atoms with Crippen LogP contribution in [0.1, 0.15) is 30.0 Å². The lowest BCUT2D eigenvalue weighted by atomic mass is 9.97. The van der Waals surface area contributed by atoms with Gasteiger partial charge in [-0.1, -0.05) is 19.1 Å². The Labute approximate surface area is 230 Å². The van der Waals surface area contributed by atoms with Crippen LogP contribution in [0.2, 0.25) is 0 Å². The minimum atomic E-state index is -3.75. The highest BCUT2D eigenvalue weighted by molar-refractivity contribution is 7.92. The van der Waals surface area contributed by atoms with E-state index in [1.165, 1.54) is 32.3 Å². The van der Waals surface area contributed by atoms with E-state index < -0.39 is 39.1 Å². The number of fused-ring (bicyclic) bond motifs is 1. The minimum Gasteiger partial charge on any atom is -0.422 e. The van der Waals surface area contributed by atoms with E-state index in [-0.39, 0.29) is 46.5 Å². The minimum absolute atomic E-state index is 0.0170. The molecule has 2 heterocycles. The van der Waals surface area contributed by atoms with Gasteiger partial charge in [0.1, 0.15) is 5.58 Å². The van der Waals surface area contributed by atoms with Crippen LogP contribution >= 0.6 is 0 Å². The lowest BCUT2D eigenvalue weighted by Gasteiger charge is -2.28. The molecule has 1 saturated heterocycles. The summed E-state index contributed by atoms with van der Waals surface area (Å²) in [6.45, 7) is 4.75. The van der Waals surface area contributed by atoms with Gasteiger partial charge in [0, 0.05) is 70.3 Å². The molecule has 1 aromatic heterocycles. The van der Waals surface area contributed by atoms with Crippen molar-refractivity contribution in [2.24, 2.45) is 0 Å². The first-order chi connectivity index (χ1) is 19.0. The number of anilines is 1. The second-order valence-corrected chi connectivity index (χ2v) is 11.6. The Morgan fingerprint density at radius 2 is 1.90 bits per heavy atom. The molecule has 1 aliphatic rings. The second-order valence-electron chi connectivity index (χ2n) is 9.79. The molecule has 3 aromatic rings. The molecule has 1 aliphatic heterocycles. The maximum absolute atomic E-state index is 15.5. The summed E-state index contributed by atoms with van der Waals surface area (Å²) < 4.78 is 68.0. The molecule has 0 unspecified atom stereocenters. The summed E-state index contributed by atoms with van der Waals surface area (Å²) in [5, 5.41) is 3.54. The molecule has 1 amide bonds. The summed E-state index contributed by atoms with van der Waals surface area (Å²) in [5.41, 5.74) is -0.321. The zero-order valence-corrected chi connectivity index (χ0v) is 23.4. The van der Waals surface area contributed by atoms with Gasteiger partial charge in [0.2, 0.25) is 10.0 Å². The standard InChI is InChI=1S/C27H32F2N4O6S/c1-4-12-40(36,37)31-22-7-5-6-17(25(22)29)13-19-20(16-33-10-8-30-9-11-33)18-14-21(28)24(39-27(35)32(2)3)15-23(18)38-26(19)34/h5-7,14-15,30-31H,4,8-13,16H2,1-3H3. The lowest BCUT2D eigenvalue weighted by Crippen LogP contribution is -2.43. The number of halogens is 2. The fraction of sp³-hybridized carbons (Fsp3) is 0.407. The van der Waals surface area contributed by atoms with Crippen LogP contribution in [0.3, 0.4) is 0 Å². The first kappa shape index (κ1) is 29.4. The number of carbonyl (C=O) groups is 1. The van der Waals surface area contributed by atoms with Gasteiger partial charge in [0.25, 0.3) is 0 Å². The van der Waals surface area contributed by atoms with Crippen molar-refractivity contribution in [2.75, 3.05) is 50.7 Å². The molecule has 2 aromatic carbocycles. The SMILES string of the molecule is CCCS(=O)(=O)Nc1cccc(Cc2c(CN3CCNCC3)c3cc(F)c(OC(=O)N(C)C)cc3oc2=O)c1F. The van der Waals surface area contributed by atoms with E-state index >= 15 is 8.78 Å². The number of benzene rings is 2. The Bertz CT molecular complexity index is 1570. The second kappa shape index (κ2) is 12.3. The van der Waals surface area contributed by atoms with Crippen molar-refractivity contribution in [1.29, 1.82) is 0 Å². The van der Waals surface area contributed by atoms with Crippen molar-refractivity contribution in [1.82, 2.24) is 15.1 Å². The van der Waals surface area contributed by atoms with E-state index in [1.807, 2.05) is 0 Å². The molecule has 0 atom stereocenters. The quantitative estimate of drug-likeness (QED) is 0.371. The number of nitrogens with one attached hydrogen (secondary N) is 2. The maximum Gasteiger partial charge on any atom is 0.414 e. The first-order valence-corrected chi connectivity index (χ1v) is 14.5. The zero-order chi connectivity index (χ0) is 29.0. The number of carbonyl (C=O) groups excluding carboxylic acids is 1. The molecule has 0 bridgehead atoms. The third-order valence-corrected chi connectivity index (χ3v) is 7.99. The van der Waals surface area contributed by atoms with Gasteiger partial charge >= 0.3 is 11.7 Å². The van der Waals surface area contributed by atoms with Crippen LogP contribution in [0.15, 0.2) is 39.5 Å². The number of nitrogens with zero attached hydrogens (tertiary/aromatic N) is 2. The van der Waals surface area contributed by atoms with Crippen molar-refractivity contribution < 1.29 is 31.1 Å². The van der Waals surface area contributed by atoms with E-state index in [0.717, 1.165) is 30.1 Å². The van der Waals surface area contributed by atoms with E-state index in [2.05, 4.69) is 14.9 Å². The molecule has 0 aliphatic carbocycles. The number of ether oxygens (including phenoxy) is 1. The molecule has 1 fully saturated rings. The summed E-state index contributed by atoms with van der Waals surface area (Å²) in [7, 11) is -0.854. The maximum atomic E-state index is 15.5. The van der Waals surface area contributed by atoms with Crippen molar-refractivity contribution >= 4 is 32.8 Å². The van der Waals surface area contributed by atoms with Crippen LogP contribution in [-0.4, -0.2) is 70.3 Å². The summed E-state index contributed by atoms with van der Waals surface area (Å²) in [5.74, 6) is -2.21. The van der Waals surface area contributed by atoms with Crippen LogP contribution in [0.4, 0.5) is 19.3 Å². The highest BCUT2D eigenvalue weighted by atomic mass is 32.2. The molecule has 13 heteroatoms. The van der Waals surface area contributed by atoms with Gasteiger partial charge < -0.3 is 19.4 Å². The van der Waals surface area contributed by atoms with Gasteiger partial charge in [-0.05, 0) is 29.7 Å². The van der Waals surface area contributed by atoms with Crippen molar-refractivity contribution in [3.05, 3.63) is 69.1 Å². The molecular weight excluding hydrogens is 546 g/mol. The fourth-order valence-corrected chi connectivity index (χ4v) is 5.62. The summed E-state index contributed by atoms with van der Waals surface area (Å²) in [4.78, 5) is 28.5. The lowest BCUT2D eigenvalue weighted by molar-refractivity contribution is 0.170. The summed E-state index contributed by atoms with van der Waals surface area (Å²) in [6.07, 6.45) is -0.659. The van der Waals surface area contributed by atoms with Crippen molar-refractivity contribution in [3.63, 3.8) is 0 Å². The van der Waals surface area contributed by atoms with E-state index in [9.17, 15) is 18.0 Å². The molecule has 0 saturated carbocycles. The van der Waals surface area contributed by atoms with Gasteiger partial charge in [-0.2, -0.15) is 0 Å². The van der Waals surface area contributed by atoms with E-state index in [4.69, 9.17) is 9.15 Å². The topological polar surface area (TPSA) is 121 Å². The summed E-state index contributed by atoms with van der Waals surface area (Å²) in [6, 6.07) is 6.55. The third kappa shape index (κ3) is 6.77. The average Bonchev–Trinajstić information content (AvgIpc) is 2.89. The van der Waals surface area contributed by atoms with Gasteiger partial charge in [-0.15, -0.1) is 0 Å². The first-order valence-electron chi connectivity index (χ1n) is 12.9. The molecule has 2 N–H and O–H groups in total. The molecule has 216 valence electrons. The highest BCUT2D eigenvalue weighted by Gasteiger charge is 2.24. The number of amides is 1. The highest BCUT2D eigenvalue weighted by Crippen LogP contribution is 2.31. The van der Waals surface area contributed by atoms with Gasteiger partial charge in [0.15, 0.2) is 17.4 Å². The van der Waals surface area contributed by atoms with Crippen molar-refractivity contribution in [3.8, 4) is 5.75 Å². The Morgan fingerprint density at radius 1 is 1.18 bits per heavy atom. The monoisotopic (exact) mass is 578 g/mol. The third-order valence-electron chi connectivity index (χ3n) is 6.51. The van der Waals surface area contributed by atoms with Crippen LogP contribution in [0, 0.1) is 11.6 Å². The molecule has 40 heavy (non-hydrogen) atoms. The Balaban J connectivity index is 1.80. The predicted octanol–water partition coefficient (Wildman–Crippen LogP) is 3.28. The van der Waals surface area contributed by atoms with Crippen molar-refractivity contribution in [2.45, 2.75) is 26.3 Å². The zero-order valence-electron chi connectivity index (χ0n) is 22.6. The molecule has 0 spiro atoms. The number of hydrogen-bond donors (Lipinski definition) is 2. The van der Waals surface area contributed by atoms with Crippen LogP contribution in [0.25, 0.3) is 11.0 Å². The molecule has 4 rings (SSSR count). The van der Waals surface area contributed by atoms with Crippen LogP contribution in [0.5, 0.6) is 5.75 Å². The van der Waals surface area contributed by atoms with Gasteiger partial charge in [-0.3, -0.25) is 9.62 Å². The number of rotatable bonds is 9.